The molecule has 7 atom stereocenters. The Labute approximate surface area is 459 Å². The topological polar surface area (TPSA) is 175 Å². The third kappa shape index (κ3) is 43.2. The van der Waals surface area contributed by atoms with E-state index in [4.69, 9.17) is 14.2 Å². The van der Waals surface area contributed by atoms with Crippen molar-refractivity contribution in [3.8, 4) is 0 Å². The molecule has 0 aromatic heterocycles. The maximum Gasteiger partial charge on any atom is 0.305 e. The molecule has 0 aromatic rings. The van der Waals surface area contributed by atoms with E-state index in [0.717, 1.165) is 77.0 Å². The Morgan fingerprint density at radius 2 is 0.920 bits per heavy atom. The SMILES string of the molecule is C/C=C/CC/C=C/CC/C=C/C(O)C(COC1OC(CO)C(O)C(O)C1O)NC(=O)CCCCCCCCC/C=C\CCCCCCCCCCCOC(=O)CCCCCCCCCCCCCCCCCCCC. The van der Waals surface area contributed by atoms with E-state index in [9.17, 15) is 35.1 Å². The Kier molecular flexibility index (Phi) is 50.5. The Morgan fingerprint density at radius 1 is 0.507 bits per heavy atom. The molecule has 1 saturated heterocycles. The van der Waals surface area contributed by atoms with Gasteiger partial charge in [-0.15, -0.1) is 0 Å². The number of unbranched alkanes of at least 4 members (excludes halogenated alkanes) is 35. The first-order valence-corrected chi connectivity index (χ1v) is 31.4. The highest BCUT2D eigenvalue weighted by atomic mass is 16.7. The van der Waals surface area contributed by atoms with Crippen molar-refractivity contribution in [2.24, 2.45) is 0 Å². The van der Waals surface area contributed by atoms with Gasteiger partial charge in [0.2, 0.25) is 5.91 Å². The summed E-state index contributed by atoms with van der Waals surface area (Å²) in [5.41, 5.74) is 0. The molecule has 1 heterocycles. The van der Waals surface area contributed by atoms with Crippen molar-refractivity contribution >= 4 is 11.9 Å². The van der Waals surface area contributed by atoms with Crippen molar-refractivity contribution in [2.45, 2.75) is 326 Å². The average molecular weight is 1060 g/mol. The number of allylic oxidation sites excluding steroid dienone is 7. The van der Waals surface area contributed by atoms with Crippen molar-refractivity contribution in [3.05, 3.63) is 48.6 Å². The van der Waals surface area contributed by atoms with Crippen LogP contribution < -0.4 is 5.32 Å². The molecule has 1 amide bonds. The van der Waals surface area contributed by atoms with Crippen LogP contribution in [0.3, 0.4) is 0 Å². The van der Waals surface area contributed by atoms with Crippen molar-refractivity contribution < 1.29 is 49.3 Å². The Bertz CT molecular complexity index is 1390. The Balaban J connectivity index is 1.99. The first kappa shape index (κ1) is 70.6. The molecule has 1 rings (SSSR count). The van der Waals surface area contributed by atoms with Crippen LogP contribution >= 0.6 is 0 Å². The van der Waals surface area contributed by atoms with Gasteiger partial charge in [0.15, 0.2) is 6.29 Å². The second-order valence-corrected chi connectivity index (χ2v) is 21.8. The number of hydrogen-bond acceptors (Lipinski definition) is 10. The highest BCUT2D eigenvalue weighted by molar-refractivity contribution is 5.76. The molecular formula is C64H117NO10. The maximum absolute atomic E-state index is 13.0. The molecule has 11 heteroatoms. The summed E-state index contributed by atoms with van der Waals surface area (Å²) in [4.78, 5) is 25.1. The van der Waals surface area contributed by atoms with Crippen LogP contribution in [0.2, 0.25) is 0 Å². The number of nitrogens with one attached hydrogen (secondary N) is 1. The highest BCUT2D eigenvalue weighted by Gasteiger charge is 2.44. The molecule has 7 unspecified atom stereocenters. The van der Waals surface area contributed by atoms with Crippen LogP contribution in [0.25, 0.3) is 0 Å². The first-order valence-electron chi connectivity index (χ1n) is 31.4. The molecule has 0 radical (unpaired) electrons. The van der Waals surface area contributed by atoms with Crippen LogP contribution in [0, 0.1) is 0 Å². The number of esters is 1. The number of rotatable bonds is 54. The third-order valence-corrected chi connectivity index (χ3v) is 14.7. The predicted molar refractivity (Wildman–Crippen MR) is 310 cm³/mol. The molecule has 75 heavy (non-hydrogen) atoms. The van der Waals surface area contributed by atoms with E-state index in [1.807, 2.05) is 19.1 Å². The summed E-state index contributed by atoms with van der Waals surface area (Å²) in [6, 6.07) is -0.840. The van der Waals surface area contributed by atoms with Gasteiger partial charge in [0.05, 0.1) is 32.0 Å². The standard InChI is InChI=1S/C64H117NO10/c1-3-5-7-9-11-13-14-15-16-17-23-26-29-32-36-40-44-48-52-60(69)73-53-49-45-41-37-33-30-27-24-21-19-18-20-22-25-28-31-35-39-43-47-51-59(68)65-56(57(67)50-46-42-38-34-12-10-8-6-4-2)55-74-64-63(72)62(71)61(70)58(54-66)75-64/h4,6,12,18,20,34,46,50,56-58,61-64,66-67,70-72H,3,5,7-11,13-17,19,21-33,35-45,47-49,51-55H2,1-2H3,(H,65,68)/b6-4+,20-18-,34-12+,50-46+. The lowest BCUT2D eigenvalue weighted by molar-refractivity contribution is -0.302. The zero-order valence-electron chi connectivity index (χ0n) is 48.3. The zero-order chi connectivity index (χ0) is 54.5. The van der Waals surface area contributed by atoms with E-state index in [1.54, 1.807) is 6.08 Å². The number of carbonyl (C=O) groups is 2. The van der Waals surface area contributed by atoms with Crippen LogP contribution in [0.4, 0.5) is 0 Å². The van der Waals surface area contributed by atoms with Crippen LogP contribution in [-0.2, 0) is 23.8 Å². The zero-order valence-corrected chi connectivity index (χ0v) is 48.3. The largest absolute Gasteiger partial charge is 0.466 e. The summed E-state index contributed by atoms with van der Waals surface area (Å²) >= 11 is 0. The number of hydrogen-bond donors (Lipinski definition) is 6. The number of ether oxygens (including phenoxy) is 3. The maximum atomic E-state index is 13.0. The lowest BCUT2D eigenvalue weighted by Gasteiger charge is -2.40. The lowest BCUT2D eigenvalue weighted by atomic mass is 9.99. The van der Waals surface area contributed by atoms with Crippen LogP contribution in [-0.4, -0.2) is 100 Å². The predicted octanol–water partition coefficient (Wildman–Crippen LogP) is 14.8. The molecule has 0 aromatic carbocycles. The van der Waals surface area contributed by atoms with Crippen molar-refractivity contribution in [1.29, 1.82) is 0 Å². The molecule has 11 nitrogen and oxygen atoms in total. The van der Waals surface area contributed by atoms with Gasteiger partial charge < -0.3 is 45.1 Å². The summed E-state index contributed by atoms with van der Waals surface area (Å²) in [5, 5.41) is 54.1. The van der Waals surface area contributed by atoms with Gasteiger partial charge in [-0.1, -0.05) is 242 Å². The van der Waals surface area contributed by atoms with Crippen LogP contribution in [0.15, 0.2) is 48.6 Å². The second kappa shape index (κ2) is 53.6. The summed E-state index contributed by atoms with van der Waals surface area (Å²) in [6.45, 7) is 4.08. The van der Waals surface area contributed by atoms with Crippen LogP contribution in [0.5, 0.6) is 0 Å². The minimum absolute atomic E-state index is 0.00475. The van der Waals surface area contributed by atoms with Crippen molar-refractivity contribution in [1.82, 2.24) is 5.32 Å². The number of aliphatic hydroxyl groups is 5. The Morgan fingerprint density at radius 3 is 1.40 bits per heavy atom. The Hall–Kier alpha value is -2.38. The molecule has 0 saturated carbocycles. The van der Waals surface area contributed by atoms with Gasteiger partial charge >= 0.3 is 5.97 Å². The minimum atomic E-state index is -1.58. The molecule has 1 aliphatic rings. The third-order valence-electron chi connectivity index (χ3n) is 14.7. The van der Waals surface area contributed by atoms with Gasteiger partial charge in [0.25, 0.3) is 0 Å². The number of amides is 1. The molecule has 0 aliphatic carbocycles. The van der Waals surface area contributed by atoms with Crippen molar-refractivity contribution in [3.63, 3.8) is 0 Å². The van der Waals surface area contributed by atoms with E-state index < -0.39 is 49.5 Å². The fourth-order valence-corrected chi connectivity index (χ4v) is 9.76. The molecular weight excluding hydrogens is 943 g/mol. The van der Waals surface area contributed by atoms with Gasteiger partial charge in [-0.2, -0.15) is 0 Å². The monoisotopic (exact) mass is 1060 g/mol. The van der Waals surface area contributed by atoms with E-state index in [-0.39, 0.29) is 18.5 Å². The van der Waals surface area contributed by atoms with E-state index >= 15 is 0 Å². The number of carbonyl (C=O) groups excluding carboxylic acids is 2. The van der Waals surface area contributed by atoms with Crippen molar-refractivity contribution in [2.75, 3.05) is 19.8 Å². The molecule has 6 N–H and O–H groups in total. The van der Waals surface area contributed by atoms with Gasteiger partial charge in [-0.25, -0.2) is 0 Å². The van der Waals surface area contributed by atoms with Gasteiger partial charge in [-0.05, 0) is 77.6 Å². The fourth-order valence-electron chi connectivity index (χ4n) is 9.76. The van der Waals surface area contributed by atoms with E-state index in [1.165, 1.54) is 173 Å². The lowest BCUT2D eigenvalue weighted by Crippen LogP contribution is -2.60. The molecule has 438 valence electrons. The number of aliphatic hydroxyl groups excluding tert-OH is 5. The highest BCUT2D eigenvalue weighted by Crippen LogP contribution is 2.23. The fraction of sp³-hybridized carbons (Fsp3) is 0.844. The van der Waals surface area contributed by atoms with Gasteiger partial charge in [-0.3, -0.25) is 9.59 Å². The summed E-state index contributed by atoms with van der Waals surface area (Å²) < 4.78 is 16.7. The quantitative estimate of drug-likeness (QED) is 0.0195. The molecule has 1 fully saturated rings. The van der Waals surface area contributed by atoms with Gasteiger partial charge in [0.1, 0.15) is 24.4 Å². The normalized spacial score (nSPS) is 19.1. The van der Waals surface area contributed by atoms with E-state index in [0.29, 0.717) is 25.9 Å². The summed E-state index contributed by atoms with van der Waals surface area (Å²) in [7, 11) is 0. The molecule has 0 spiro atoms. The smallest absolute Gasteiger partial charge is 0.305 e. The minimum Gasteiger partial charge on any atom is -0.466 e. The average Bonchev–Trinajstić information content (AvgIpc) is 3.41. The van der Waals surface area contributed by atoms with Gasteiger partial charge in [0, 0.05) is 12.8 Å². The molecule has 0 bridgehead atoms. The molecule has 1 aliphatic heterocycles. The van der Waals surface area contributed by atoms with Crippen LogP contribution in [0.1, 0.15) is 284 Å². The summed E-state index contributed by atoms with van der Waals surface area (Å²) in [6.07, 6.45) is 58.2. The first-order chi connectivity index (χ1) is 36.7. The summed E-state index contributed by atoms with van der Waals surface area (Å²) in [5.74, 6) is -0.213. The van der Waals surface area contributed by atoms with E-state index in [2.05, 4.69) is 42.6 Å². The second-order valence-electron chi connectivity index (χ2n) is 21.8.